The lowest BCUT2D eigenvalue weighted by Crippen LogP contribution is -2.26. The molecule has 4 amide bonds. The maximum Gasteiger partial charge on any atom is 0.412 e. The molecule has 0 heterocycles. The van der Waals surface area contributed by atoms with E-state index in [0.717, 1.165) is 0 Å². The van der Waals surface area contributed by atoms with Crippen LogP contribution in [-0.2, 0) is 19.1 Å². The zero-order chi connectivity index (χ0) is 34.7. The van der Waals surface area contributed by atoms with Gasteiger partial charge in [-0.1, -0.05) is 0 Å². The summed E-state index contributed by atoms with van der Waals surface area (Å²) in [4.78, 5) is 55.1. The van der Waals surface area contributed by atoms with Crippen molar-refractivity contribution in [2.24, 2.45) is 0 Å². The zero-order valence-electron chi connectivity index (χ0n) is 26.6. The maximum atomic E-state index is 11.5. The largest absolute Gasteiger partial charge is 0.491 e. The summed E-state index contributed by atoms with van der Waals surface area (Å²) in [6.45, 7) is 4.18. The van der Waals surface area contributed by atoms with Crippen molar-refractivity contribution in [3.8, 4) is 17.2 Å². The SMILES string of the molecule is CCOCC(=O)OC(C)CC(=O)NC.CNC(=O)Oc1ccc(C(=O)NCCO)cc1.CNC(=O)Oc1ccc(OCCO)cc1. The summed E-state index contributed by atoms with van der Waals surface area (Å²) in [5.41, 5.74) is 0.433. The van der Waals surface area contributed by atoms with Gasteiger partial charge in [-0.05, 0) is 62.4 Å². The molecular formula is C30H44N4O12. The highest BCUT2D eigenvalue weighted by molar-refractivity contribution is 5.94. The third-order valence-corrected chi connectivity index (χ3v) is 5.04. The topological polar surface area (TPSA) is 220 Å². The van der Waals surface area contributed by atoms with Crippen LogP contribution in [0.2, 0.25) is 0 Å². The summed E-state index contributed by atoms with van der Waals surface area (Å²) in [7, 11) is 4.48. The number of amides is 4. The third kappa shape index (κ3) is 20.1. The van der Waals surface area contributed by atoms with Crippen LogP contribution in [0.4, 0.5) is 9.59 Å². The van der Waals surface area contributed by atoms with Crippen molar-refractivity contribution < 1.29 is 57.9 Å². The maximum absolute atomic E-state index is 11.5. The van der Waals surface area contributed by atoms with Gasteiger partial charge in [-0.25, -0.2) is 14.4 Å². The van der Waals surface area contributed by atoms with Crippen LogP contribution in [0, 0.1) is 0 Å². The predicted molar refractivity (Wildman–Crippen MR) is 166 cm³/mol. The molecule has 6 N–H and O–H groups in total. The van der Waals surface area contributed by atoms with Gasteiger partial charge in [-0.3, -0.25) is 9.59 Å². The molecule has 0 spiro atoms. The number of nitrogens with one attached hydrogen (secondary N) is 4. The lowest BCUT2D eigenvalue weighted by Gasteiger charge is -2.11. The Kier molecular flexibility index (Phi) is 22.7. The summed E-state index contributed by atoms with van der Waals surface area (Å²) in [6, 6.07) is 12.6. The zero-order valence-corrected chi connectivity index (χ0v) is 26.6. The van der Waals surface area contributed by atoms with Crippen molar-refractivity contribution in [2.45, 2.75) is 26.4 Å². The van der Waals surface area contributed by atoms with Crippen LogP contribution in [-0.4, -0.2) is 107 Å². The molecule has 46 heavy (non-hydrogen) atoms. The Labute approximate surface area is 267 Å². The summed E-state index contributed by atoms with van der Waals surface area (Å²) >= 11 is 0. The van der Waals surface area contributed by atoms with E-state index in [2.05, 4.69) is 21.3 Å². The lowest BCUT2D eigenvalue weighted by atomic mass is 10.2. The van der Waals surface area contributed by atoms with Gasteiger partial charge >= 0.3 is 18.2 Å². The minimum absolute atomic E-state index is 0.0313. The number of rotatable bonds is 14. The van der Waals surface area contributed by atoms with Gasteiger partial charge in [-0.2, -0.15) is 0 Å². The van der Waals surface area contributed by atoms with Gasteiger partial charge in [0.05, 0.1) is 19.6 Å². The van der Waals surface area contributed by atoms with Gasteiger partial charge in [0, 0.05) is 39.9 Å². The van der Waals surface area contributed by atoms with Gasteiger partial charge in [0.15, 0.2) is 0 Å². The van der Waals surface area contributed by atoms with Crippen LogP contribution in [0.3, 0.4) is 0 Å². The molecule has 0 aliphatic rings. The van der Waals surface area contributed by atoms with Gasteiger partial charge in [-0.15, -0.1) is 0 Å². The van der Waals surface area contributed by atoms with Crippen molar-refractivity contribution in [1.82, 2.24) is 21.3 Å². The van der Waals surface area contributed by atoms with Gasteiger partial charge in [0.25, 0.3) is 5.91 Å². The fraction of sp³-hybridized carbons (Fsp3) is 0.433. The second-order valence-electron chi connectivity index (χ2n) is 8.64. The molecule has 0 aliphatic carbocycles. The summed E-state index contributed by atoms with van der Waals surface area (Å²) in [6.07, 6.45) is -1.32. The molecule has 0 fully saturated rings. The molecule has 1 atom stereocenters. The highest BCUT2D eigenvalue weighted by Gasteiger charge is 2.12. The first kappa shape index (κ1) is 41.1. The van der Waals surface area contributed by atoms with E-state index in [-0.39, 0.29) is 51.2 Å². The standard InChI is InChI=1S/C11H14N2O4.C10H13NO4.C9H17NO4/c1-12-11(16)17-9-4-2-8(3-5-9)10(15)13-6-7-14;1-11-10(13)15-9-4-2-8(3-5-9)14-7-6-12;1-4-13-6-9(12)14-7(2)5-8(11)10-3/h2-5,14H,6-7H2,1H3,(H,12,16)(H,13,15);2-5,12H,6-7H2,1H3,(H,11,13);7H,4-6H2,1-3H3,(H,10,11). The molecule has 0 aliphatic heterocycles. The molecule has 0 radical (unpaired) electrons. The van der Waals surface area contributed by atoms with E-state index >= 15 is 0 Å². The molecule has 16 heteroatoms. The number of ether oxygens (including phenoxy) is 5. The van der Waals surface area contributed by atoms with E-state index in [1.807, 2.05) is 0 Å². The number of benzene rings is 2. The van der Waals surface area contributed by atoms with Crippen LogP contribution in [0.25, 0.3) is 0 Å². The second-order valence-corrected chi connectivity index (χ2v) is 8.64. The molecule has 0 saturated carbocycles. The van der Waals surface area contributed by atoms with E-state index in [4.69, 9.17) is 33.9 Å². The van der Waals surface area contributed by atoms with Crippen molar-refractivity contribution in [3.63, 3.8) is 0 Å². The second kappa shape index (κ2) is 25.4. The third-order valence-electron chi connectivity index (χ3n) is 5.04. The number of hydrogen-bond donors (Lipinski definition) is 6. The van der Waals surface area contributed by atoms with Crippen LogP contribution >= 0.6 is 0 Å². The lowest BCUT2D eigenvalue weighted by molar-refractivity contribution is -0.154. The fourth-order valence-electron chi connectivity index (χ4n) is 2.88. The van der Waals surface area contributed by atoms with E-state index in [1.165, 1.54) is 45.4 Å². The predicted octanol–water partition coefficient (Wildman–Crippen LogP) is 0.994. The normalized spacial score (nSPS) is 10.2. The van der Waals surface area contributed by atoms with Crippen LogP contribution in [0.5, 0.6) is 17.2 Å². The van der Waals surface area contributed by atoms with Crippen molar-refractivity contribution in [3.05, 3.63) is 54.1 Å². The highest BCUT2D eigenvalue weighted by atomic mass is 16.6. The number of aliphatic hydroxyl groups is 2. The van der Waals surface area contributed by atoms with E-state index < -0.39 is 24.3 Å². The van der Waals surface area contributed by atoms with E-state index in [1.54, 1.807) is 38.1 Å². The smallest absolute Gasteiger partial charge is 0.412 e. The molecular weight excluding hydrogens is 608 g/mol. The summed E-state index contributed by atoms with van der Waals surface area (Å²) in [5.74, 6) is 0.526. The minimum Gasteiger partial charge on any atom is -0.491 e. The van der Waals surface area contributed by atoms with E-state index in [9.17, 15) is 24.0 Å². The molecule has 2 rings (SSSR count). The Morgan fingerprint density at radius 3 is 1.74 bits per heavy atom. The molecule has 2 aromatic carbocycles. The Bertz CT molecular complexity index is 1180. The Morgan fingerprint density at radius 2 is 1.28 bits per heavy atom. The van der Waals surface area contributed by atoms with Crippen LogP contribution in [0.15, 0.2) is 48.5 Å². The Hall–Kier alpha value is -4.93. The number of aliphatic hydroxyl groups excluding tert-OH is 2. The molecule has 0 bridgehead atoms. The van der Waals surface area contributed by atoms with Crippen molar-refractivity contribution in [1.29, 1.82) is 0 Å². The minimum atomic E-state index is -0.567. The molecule has 0 saturated heterocycles. The molecule has 16 nitrogen and oxygen atoms in total. The first-order chi connectivity index (χ1) is 22.0. The van der Waals surface area contributed by atoms with Gasteiger partial charge < -0.3 is 55.2 Å². The fourth-order valence-corrected chi connectivity index (χ4v) is 2.88. The van der Waals surface area contributed by atoms with Gasteiger partial charge in [0.1, 0.15) is 36.6 Å². The number of esters is 1. The van der Waals surface area contributed by atoms with Crippen molar-refractivity contribution in [2.75, 3.05) is 60.7 Å². The first-order valence-corrected chi connectivity index (χ1v) is 14.1. The average molecular weight is 653 g/mol. The summed E-state index contributed by atoms with van der Waals surface area (Å²) in [5, 5.41) is 26.7. The van der Waals surface area contributed by atoms with Crippen LogP contribution in [0.1, 0.15) is 30.6 Å². The highest BCUT2D eigenvalue weighted by Crippen LogP contribution is 2.17. The van der Waals surface area contributed by atoms with Crippen LogP contribution < -0.4 is 35.5 Å². The van der Waals surface area contributed by atoms with E-state index in [0.29, 0.717) is 29.4 Å². The van der Waals surface area contributed by atoms with Crippen molar-refractivity contribution >= 4 is 30.0 Å². The number of carbonyl (C=O) groups is 5. The Morgan fingerprint density at radius 1 is 0.761 bits per heavy atom. The molecule has 256 valence electrons. The summed E-state index contributed by atoms with van der Waals surface area (Å²) < 4.78 is 24.6. The molecule has 1 unspecified atom stereocenters. The monoisotopic (exact) mass is 652 g/mol. The molecule has 2 aromatic rings. The Balaban J connectivity index is 0.000000664. The van der Waals surface area contributed by atoms with Gasteiger partial charge in [0.2, 0.25) is 5.91 Å². The average Bonchev–Trinajstić information content (AvgIpc) is 3.06. The quantitative estimate of drug-likeness (QED) is 0.157. The first-order valence-electron chi connectivity index (χ1n) is 14.1. The number of hydrogen-bond acceptors (Lipinski definition) is 12. The molecule has 0 aromatic heterocycles. The number of carbonyl (C=O) groups excluding carboxylic acids is 5.